The van der Waals surface area contributed by atoms with Gasteiger partial charge >= 0.3 is 0 Å². The van der Waals surface area contributed by atoms with Crippen molar-refractivity contribution < 1.29 is 4.79 Å². The van der Waals surface area contributed by atoms with E-state index in [4.69, 9.17) is 0 Å². The minimum atomic E-state index is -0.344. The van der Waals surface area contributed by atoms with Crippen molar-refractivity contribution in [2.24, 2.45) is 0 Å². The van der Waals surface area contributed by atoms with E-state index < -0.39 is 0 Å². The molecule has 146 valence electrons. The molecule has 3 heterocycles. The van der Waals surface area contributed by atoms with Crippen molar-refractivity contribution in [3.63, 3.8) is 0 Å². The predicted molar refractivity (Wildman–Crippen MR) is 105 cm³/mol. The van der Waals surface area contributed by atoms with Crippen LogP contribution in [0.1, 0.15) is 36.8 Å². The van der Waals surface area contributed by atoms with E-state index in [9.17, 15) is 9.59 Å². The summed E-state index contributed by atoms with van der Waals surface area (Å²) in [5, 5.41) is 8.17. The Kier molecular flexibility index (Phi) is 4.93. The lowest BCUT2D eigenvalue weighted by atomic mass is 10.1. The number of rotatable bonds is 3. The van der Waals surface area contributed by atoms with Crippen LogP contribution in [0.4, 0.5) is 0 Å². The van der Waals surface area contributed by atoms with Gasteiger partial charge in [0, 0.05) is 13.1 Å². The topological polar surface area (TPSA) is 85.9 Å². The largest absolute Gasteiger partial charge is 0.341 e. The van der Waals surface area contributed by atoms with Crippen molar-refractivity contribution in [2.75, 3.05) is 13.1 Å². The van der Waals surface area contributed by atoms with Crippen molar-refractivity contribution >= 4 is 17.1 Å². The molecule has 0 spiro atoms. The van der Waals surface area contributed by atoms with Gasteiger partial charge in [0.2, 0.25) is 5.91 Å². The van der Waals surface area contributed by atoms with Crippen molar-refractivity contribution in [3.05, 3.63) is 46.0 Å². The molecule has 1 aliphatic rings. The fourth-order valence-electron chi connectivity index (χ4n) is 3.77. The van der Waals surface area contributed by atoms with Crippen LogP contribution in [0.5, 0.6) is 0 Å². The minimum absolute atomic E-state index is 0.0157. The SMILES string of the molecule is Cc1cc(C)cc(-n2nnc3c(=O)n(CC(=O)N4CCCCCC4)cnc32)c1. The summed E-state index contributed by atoms with van der Waals surface area (Å²) >= 11 is 0. The van der Waals surface area contributed by atoms with Gasteiger partial charge in [-0.15, -0.1) is 5.10 Å². The number of aromatic nitrogens is 5. The number of carbonyl (C=O) groups excluding carboxylic acids is 1. The van der Waals surface area contributed by atoms with E-state index in [2.05, 4.69) is 21.4 Å². The Balaban J connectivity index is 1.65. The number of likely N-dealkylation sites (tertiary alicyclic amines) is 1. The summed E-state index contributed by atoms with van der Waals surface area (Å²) in [4.78, 5) is 31.7. The van der Waals surface area contributed by atoms with Crippen LogP contribution < -0.4 is 5.56 Å². The molecule has 1 amide bonds. The monoisotopic (exact) mass is 380 g/mol. The van der Waals surface area contributed by atoms with Gasteiger partial charge in [-0.1, -0.05) is 24.1 Å². The zero-order chi connectivity index (χ0) is 19.7. The Morgan fingerprint density at radius 3 is 2.39 bits per heavy atom. The molecule has 1 aromatic carbocycles. The summed E-state index contributed by atoms with van der Waals surface area (Å²) < 4.78 is 2.90. The van der Waals surface area contributed by atoms with E-state index in [1.807, 2.05) is 30.9 Å². The molecular formula is C20H24N6O2. The Morgan fingerprint density at radius 2 is 1.71 bits per heavy atom. The van der Waals surface area contributed by atoms with Gasteiger partial charge in [-0.2, -0.15) is 4.68 Å². The average Bonchev–Trinajstić information content (AvgIpc) is 2.90. The van der Waals surface area contributed by atoms with Gasteiger partial charge < -0.3 is 4.90 Å². The van der Waals surface area contributed by atoms with Gasteiger partial charge in [0.05, 0.1) is 5.69 Å². The number of nitrogens with zero attached hydrogens (tertiary/aromatic N) is 6. The molecule has 0 aliphatic carbocycles. The number of aryl methyl sites for hydroxylation is 2. The summed E-state index contributed by atoms with van der Waals surface area (Å²) in [5.41, 5.74) is 3.22. The van der Waals surface area contributed by atoms with Crippen LogP contribution in [0.25, 0.3) is 16.9 Å². The van der Waals surface area contributed by atoms with E-state index in [0.29, 0.717) is 5.65 Å². The predicted octanol–water partition coefficient (Wildman–Crippen LogP) is 2.00. The molecule has 0 radical (unpaired) electrons. The van der Waals surface area contributed by atoms with E-state index in [1.165, 1.54) is 10.9 Å². The number of hydrogen-bond donors (Lipinski definition) is 0. The van der Waals surface area contributed by atoms with Gasteiger partial charge in [0.15, 0.2) is 11.2 Å². The first-order valence-corrected chi connectivity index (χ1v) is 9.70. The first kappa shape index (κ1) is 18.3. The molecule has 0 unspecified atom stereocenters. The highest BCUT2D eigenvalue weighted by molar-refractivity contribution is 5.77. The first-order chi connectivity index (χ1) is 13.5. The lowest BCUT2D eigenvalue weighted by Gasteiger charge is -2.20. The van der Waals surface area contributed by atoms with Crippen molar-refractivity contribution in [2.45, 2.75) is 46.1 Å². The smallest absolute Gasteiger partial charge is 0.284 e. The zero-order valence-electron chi connectivity index (χ0n) is 16.3. The van der Waals surface area contributed by atoms with Crippen LogP contribution in [-0.4, -0.2) is 48.4 Å². The highest BCUT2D eigenvalue weighted by atomic mass is 16.2. The lowest BCUT2D eigenvalue weighted by Crippen LogP contribution is -2.37. The molecule has 0 N–H and O–H groups in total. The average molecular weight is 380 g/mol. The minimum Gasteiger partial charge on any atom is -0.341 e. The van der Waals surface area contributed by atoms with Gasteiger partial charge in [0.1, 0.15) is 12.9 Å². The number of carbonyl (C=O) groups is 1. The molecule has 0 atom stereocenters. The molecule has 1 saturated heterocycles. The third kappa shape index (κ3) is 3.54. The summed E-state index contributed by atoms with van der Waals surface area (Å²) in [6.07, 6.45) is 5.75. The molecule has 1 fully saturated rings. The molecule has 3 aromatic rings. The Bertz CT molecular complexity index is 1060. The van der Waals surface area contributed by atoms with E-state index >= 15 is 0 Å². The van der Waals surface area contributed by atoms with Crippen molar-refractivity contribution in [1.82, 2.24) is 29.4 Å². The maximum absolute atomic E-state index is 12.8. The standard InChI is InChI=1S/C20H24N6O2/c1-14-9-15(2)11-16(10-14)26-19-18(22-23-26)20(28)25(13-21-19)12-17(27)24-7-5-3-4-6-8-24/h9-11,13H,3-8,12H2,1-2H3. The number of benzene rings is 1. The normalized spacial score (nSPS) is 15.0. The molecule has 0 bridgehead atoms. The molecule has 2 aromatic heterocycles. The second-order valence-corrected chi connectivity index (χ2v) is 7.49. The third-order valence-electron chi connectivity index (χ3n) is 5.14. The Morgan fingerprint density at radius 1 is 1.04 bits per heavy atom. The Hall–Kier alpha value is -3.03. The summed E-state index contributed by atoms with van der Waals surface area (Å²) in [5.74, 6) is -0.0492. The van der Waals surface area contributed by atoms with Crippen LogP contribution in [0, 0.1) is 13.8 Å². The fourth-order valence-corrected chi connectivity index (χ4v) is 3.77. The molecule has 8 nitrogen and oxygen atoms in total. The number of fused-ring (bicyclic) bond motifs is 1. The molecule has 8 heteroatoms. The van der Waals surface area contributed by atoms with Crippen LogP contribution in [0.15, 0.2) is 29.3 Å². The van der Waals surface area contributed by atoms with Crippen molar-refractivity contribution in [1.29, 1.82) is 0 Å². The van der Waals surface area contributed by atoms with Crippen molar-refractivity contribution in [3.8, 4) is 5.69 Å². The van der Waals surface area contributed by atoms with E-state index in [1.54, 1.807) is 4.68 Å². The fraction of sp³-hybridized carbons (Fsp3) is 0.450. The number of amides is 1. The van der Waals surface area contributed by atoms with Gasteiger partial charge in [-0.3, -0.25) is 14.2 Å². The van der Waals surface area contributed by atoms with Gasteiger partial charge in [-0.25, -0.2) is 4.98 Å². The van der Waals surface area contributed by atoms with Crippen LogP contribution in [0.3, 0.4) is 0 Å². The summed E-state index contributed by atoms with van der Waals surface area (Å²) in [6.45, 7) is 5.51. The molecular weight excluding hydrogens is 356 g/mol. The second kappa shape index (κ2) is 7.53. The van der Waals surface area contributed by atoms with Crippen LogP contribution in [0.2, 0.25) is 0 Å². The summed E-state index contributed by atoms with van der Waals surface area (Å²) in [7, 11) is 0. The Labute approximate surface area is 162 Å². The van der Waals surface area contributed by atoms with E-state index in [0.717, 1.165) is 55.6 Å². The molecule has 1 aliphatic heterocycles. The lowest BCUT2D eigenvalue weighted by molar-refractivity contribution is -0.131. The quantitative estimate of drug-likeness (QED) is 0.694. The van der Waals surface area contributed by atoms with Gasteiger partial charge in [-0.05, 0) is 49.9 Å². The second-order valence-electron chi connectivity index (χ2n) is 7.49. The molecule has 4 rings (SSSR count). The molecule has 28 heavy (non-hydrogen) atoms. The maximum atomic E-state index is 12.8. The van der Waals surface area contributed by atoms with E-state index in [-0.39, 0.29) is 23.5 Å². The summed E-state index contributed by atoms with van der Waals surface area (Å²) in [6, 6.07) is 6.01. The highest BCUT2D eigenvalue weighted by Crippen LogP contribution is 2.16. The maximum Gasteiger partial charge on any atom is 0.284 e. The first-order valence-electron chi connectivity index (χ1n) is 9.70. The zero-order valence-corrected chi connectivity index (χ0v) is 16.3. The van der Waals surface area contributed by atoms with Gasteiger partial charge in [0.25, 0.3) is 5.56 Å². The highest BCUT2D eigenvalue weighted by Gasteiger charge is 2.19. The molecule has 0 saturated carbocycles. The number of hydrogen-bond acceptors (Lipinski definition) is 5. The van der Waals surface area contributed by atoms with Crippen LogP contribution >= 0.6 is 0 Å². The van der Waals surface area contributed by atoms with Crippen LogP contribution in [-0.2, 0) is 11.3 Å². The third-order valence-corrected chi connectivity index (χ3v) is 5.14.